The van der Waals surface area contributed by atoms with Crippen LogP contribution in [0.2, 0.25) is 5.02 Å². The van der Waals surface area contributed by atoms with Gasteiger partial charge in [0.05, 0.1) is 4.90 Å². The van der Waals surface area contributed by atoms with Crippen molar-refractivity contribution >= 4 is 21.6 Å². The number of rotatable bonds is 5. The number of halogens is 1. The van der Waals surface area contributed by atoms with E-state index in [0.717, 1.165) is 11.1 Å². The van der Waals surface area contributed by atoms with Gasteiger partial charge < -0.3 is 5.73 Å². The van der Waals surface area contributed by atoms with Gasteiger partial charge in [-0.15, -0.1) is 0 Å². The zero-order valence-electron chi connectivity index (χ0n) is 11.6. The number of nitrogens with two attached hydrogens (primary N) is 1. The molecule has 0 saturated carbocycles. The molecule has 0 fully saturated rings. The van der Waals surface area contributed by atoms with Gasteiger partial charge in [-0.2, -0.15) is 0 Å². The number of hydrogen-bond acceptors (Lipinski definition) is 3. The topological polar surface area (TPSA) is 72.2 Å². The first kappa shape index (κ1) is 16.0. The molecule has 0 spiro atoms. The van der Waals surface area contributed by atoms with Gasteiger partial charge in [0.2, 0.25) is 10.0 Å². The van der Waals surface area contributed by atoms with Crippen LogP contribution >= 0.6 is 11.6 Å². The molecule has 0 aromatic heterocycles. The summed E-state index contributed by atoms with van der Waals surface area (Å²) < 4.78 is 27.2. The molecule has 0 amide bonds. The van der Waals surface area contributed by atoms with Crippen molar-refractivity contribution in [3.8, 4) is 0 Å². The van der Waals surface area contributed by atoms with Crippen LogP contribution in [0.4, 0.5) is 0 Å². The lowest BCUT2D eigenvalue weighted by Gasteiger charge is -2.10. The molecule has 2 rings (SSSR count). The largest absolute Gasteiger partial charge is 0.326 e. The minimum absolute atomic E-state index is 0.202. The monoisotopic (exact) mass is 324 g/mol. The van der Waals surface area contributed by atoms with Crippen LogP contribution in [0.15, 0.2) is 47.4 Å². The SMILES string of the molecule is Cc1ccc(Cl)cc1S(=O)(=O)NCc1ccc(CN)cc1. The molecule has 112 valence electrons. The fourth-order valence-electron chi connectivity index (χ4n) is 1.91. The Morgan fingerprint density at radius 1 is 1.10 bits per heavy atom. The van der Waals surface area contributed by atoms with Gasteiger partial charge >= 0.3 is 0 Å². The Bertz CT molecular complexity index is 728. The Morgan fingerprint density at radius 2 is 1.71 bits per heavy atom. The van der Waals surface area contributed by atoms with E-state index < -0.39 is 10.0 Å². The summed E-state index contributed by atoms with van der Waals surface area (Å²) in [6, 6.07) is 12.3. The average molecular weight is 325 g/mol. The average Bonchev–Trinajstić information content (AvgIpc) is 2.48. The number of nitrogens with one attached hydrogen (secondary N) is 1. The highest BCUT2D eigenvalue weighted by atomic mass is 35.5. The van der Waals surface area contributed by atoms with Crippen molar-refractivity contribution in [2.75, 3.05) is 0 Å². The van der Waals surface area contributed by atoms with Crippen LogP contribution in [-0.2, 0) is 23.1 Å². The standard InChI is InChI=1S/C15H17ClN2O2S/c1-11-2-7-14(16)8-15(11)21(19,20)18-10-13-5-3-12(9-17)4-6-13/h2-8,18H,9-10,17H2,1H3. The lowest BCUT2D eigenvalue weighted by Crippen LogP contribution is -2.24. The molecule has 3 N–H and O–H groups in total. The third kappa shape index (κ3) is 4.04. The van der Waals surface area contributed by atoms with Crippen LogP contribution in [0.25, 0.3) is 0 Å². The van der Waals surface area contributed by atoms with Crippen molar-refractivity contribution in [3.63, 3.8) is 0 Å². The van der Waals surface area contributed by atoms with E-state index >= 15 is 0 Å². The van der Waals surface area contributed by atoms with Crippen LogP contribution < -0.4 is 10.5 Å². The smallest absolute Gasteiger partial charge is 0.241 e. The number of hydrogen-bond donors (Lipinski definition) is 2. The number of sulfonamides is 1. The summed E-state index contributed by atoms with van der Waals surface area (Å²) in [5.41, 5.74) is 8.06. The van der Waals surface area contributed by atoms with Crippen molar-refractivity contribution in [3.05, 3.63) is 64.2 Å². The van der Waals surface area contributed by atoms with Gasteiger partial charge in [-0.3, -0.25) is 0 Å². The Balaban J connectivity index is 2.15. The molecule has 6 heteroatoms. The first-order valence-corrected chi connectivity index (χ1v) is 8.32. The van der Waals surface area contributed by atoms with Gasteiger partial charge in [-0.1, -0.05) is 41.9 Å². The molecule has 0 unspecified atom stereocenters. The summed E-state index contributed by atoms with van der Waals surface area (Å²) >= 11 is 5.87. The zero-order valence-corrected chi connectivity index (χ0v) is 13.2. The minimum atomic E-state index is -3.59. The van der Waals surface area contributed by atoms with Crippen molar-refractivity contribution in [1.82, 2.24) is 4.72 Å². The van der Waals surface area contributed by atoms with E-state index in [1.165, 1.54) is 6.07 Å². The van der Waals surface area contributed by atoms with Gasteiger partial charge in [0, 0.05) is 18.1 Å². The normalized spacial score (nSPS) is 11.6. The van der Waals surface area contributed by atoms with Crippen LogP contribution in [0.1, 0.15) is 16.7 Å². The summed E-state index contributed by atoms with van der Waals surface area (Å²) in [4.78, 5) is 0.202. The van der Waals surface area contributed by atoms with E-state index in [4.69, 9.17) is 17.3 Å². The lowest BCUT2D eigenvalue weighted by molar-refractivity contribution is 0.580. The second-order valence-corrected chi connectivity index (χ2v) is 6.93. The van der Waals surface area contributed by atoms with E-state index in [1.54, 1.807) is 19.1 Å². The second-order valence-electron chi connectivity index (χ2n) is 4.75. The highest BCUT2D eigenvalue weighted by molar-refractivity contribution is 7.89. The summed E-state index contributed by atoms with van der Waals surface area (Å²) in [5, 5.41) is 0.397. The number of benzene rings is 2. The van der Waals surface area contributed by atoms with Gasteiger partial charge in [0.1, 0.15) is 0 Å². The highest BCUT2D eigenvalue weighted by Crippen LogP contribution is 2.20. The van der Waals surface area contributed by atoms with Gasteiger partial charge in [-0.25, -0.2) is 13.1 Å². The fourth-order valence-corrected chi connectivity index (χ4v) is 3.44. The van der Waals surface area contributed by atoms with Crippen molar-refractivity contribution in [2.24, 2.45) is 5.73 Å². The predicted octanol–water partition coefficient (Wildman–Crippen LogP) is 2.59. The summed E-state index contributed by atoms with van der Waals surface area (Å²) in [7, 11) is -3.59. The summed E-state index contributed by atoms with van der Waals surface area (Å²) in [5.74, 6) is 0. The molecule has 0 bridgehead atoms. The summed E-state index contributed by atoms with van der Waals surface area (Å²) in [6.07, 6.45) is 0. The van der Waals surface area contributed by atoms with Crippen LogP contribution in [0, 0.1) is 6.92 Å². The quantitative estimate of drug-likeness (QED) is 0.888. The molecule has 0 aliphatic carbocycles. The lowest BCUT2D eigenvalue weighted by atomic mass is 10.1. The first-order valence-electron chi connectivity index (χ1n) is 6.46. The first-order chi connectivity index (χ1) is 9.92. The Hall–Kier alpha value is -1.40. The highest BCUT2D eigenvalue weighted by Gasteiger charge is 2.16. The van der Waals surface area contributed by atoms with E-state index in [1.807, 2.05) is 24.3 Å². The van der Waals surface area contributed by atoms with Gasteiger partial charge in [-0.05, 0) is 35.7 Å². The summed E-state index contributed by atoms with van der Waals surface area (Å²) in [6.45, 7) is 2.42. The molecule has 0 saturated heterocycles. The van der Waals surface area contributed by atoms with Crippen molar-refractivity contribution in [1.29, 1.82) is 0 Å². The van der Waals surface area contributed by atoms with Gasteiger partial charge in [0.25, 0.3) is 0 Å². The Labute approximate surface area is 130 Å². The van der Waals surface area contributed by atoms with Gasteiger partial charge in [0.15, 0.2) is 0 Å². The molecule has 0 aliphatic heterocycles. The molecule has 2 aromatic rings. The van der Waals surface area contributed by atoms with Crippen LogP contribution in [0.3, 0.4) is 0 Å². The van der Waals surface area contributed by atoms with Crippen LogP contribution in [0.5, 0.6) is 0 Å². The maximum atomic E-state index is 12.3. The van der Waals surface area contributed by atoms with Crippen molar-refractivity contribution < 1.29 is 8.42 Å². The van der Waals surface area contributed by atoms with E-state index in [9.17, 15) is 8.42 Å². The molecule has 4 nitrogen and oxygen atoms in total. The Morgan fingerprint density at radius 3 is 2.33 bits per heavy atom. The zero-order chi connectivity index (χ0) is 15.5. The second kappa shape index (κ2) is 6.58. The molecule has 2 aromatic carbocycles. The Kier molecular flexibility index (Phi) is 5.00. The number of aryl methyl sites for hydroxylation is 1. The van der Waals surface area contributed by atoms with E-state index in [0.29, 0.717) is 17.1 Å². The molecule has 0 aliphatic rings. The molecule has 0 heterocycles. The van der Waals surface area contributed by atoms with Crippen molar-refractivity contribution in [2.45, 2.75) is 24.9 Å². The van der Waals surface area contributed by atoms with E-state index in [2.05, 4.69) is 4.72 Å². The molecule has 21 heavy (non-hydrogen) atoms. The molecular weight excluding hydrogens is 308 g/mol. The third-order valence-electron chi connectivity index (χ3n) is 3.16. The van der Waals surface area contributed by atoms with Crippen LogP contribution in [-0.4, -0.2) is 8.42 Å². The minimum Gasteiger partial charge on any atom is -0.326 e. The fraction of sp³-hybridized carbons (Fsp3) is 0.200. The van der Waals surface area contributed by atoms with E-state index in [-0.39, 0.29) is 11.4 Å². The molecule has 0 radical (unpaired) electrons. The molecule has 0 atom stereocenters. The molecular formula is C15H17ClN2O2S. The predicted molar refractivity (Wildman–Crippen MR) is 84.5 cm³/mol. The third-order valence-corrected chi connectivity index (χ3v) is 4.94. The maximum absolute atomic E-state index is 12.3. The maximum Gasteiger partial charge on any atom is 0.241 e.